The first kappa shape index (κ1) is 18.5. The maximum absolute atomic E-state index is 12.2. The van der Waals surface area contributed by atoms with Crippen LogP contribution in [0.5, 0.6) is 5.75 Å². The summed E-state index contributed by atoms with van der Waals surface area (Å²) in [6.45, 7) is 6.73. The van der Waals surface area contributed by atoms with Crippen molar-refractivity contribution >= 4 is 22.8 Å². The Morgan fingerprint density at radius 2 is 1.88 bits per heavy atom. The van der Waals surface area contributed by atoms with Crippen LogP contribution in [-0.2, 0) is 9.59 Å². The van der Waals surface area contributed by atoms with Crippen molar-refractivity contribution in [2.75, 3.05) is 0 Å². The third-order valence-corrected chi connectivity index (χ3v) is 3.84. The normalized spacial score (nSPS) is 13.5. The minimum absolute atomic E-state index is 0.258. The van der Waals surface area contributed by atoms with E-state index in [2.05, 4.69) is 5.32 Å². The molecule has 0 radical (unpaired) electrons. The van der Waals surface area contributed by atoms with Crippen molar-refractivity contribution in [1.82, 2.24) is 5.32 Å². The van der Waals surface area contributed by atoms with Crippen LogP contribution in [0.1, 0.15) is 26.3 Å². The fourth-order valence-electron chi connectivity index (χ4n) is 2.42. The molecule has 2 aromatic rings. The highest BCUT2D eigenvalue weighted by atomic mass is 16.5. The molecular weight excluding hydrogens is 326 g/mol. The second-order valence-electron chi connectivity index (χ2n) is 6.24. The van der Waals surface area contributed by atoms with Gasteiger partial charge in [0.15, 0.2) is 6.10 Å². The summed E-state index contributed by atoms with van der Waals surface area (Å²) in [6, 6.07) is 5.34. The van der Waals surface area contributed by atoms with Gasteiger partial charge in [-0.2, -0.15) is 0 Å². The summed E-state index contributed by atoms with van der Waals surface area (Å²) in [5.41, 5.74) is 0.680. The molecule has 2 N–H and O–H groups in total. The lowest BCUT2D eigenvalue weighted by Gasteiger charge is -2.21. The Morgan fingerprint density at radius 3 is 2.48 bits per heavy atom. The Labute approximate surface area is 144 Å². The third-order valence-electron chi connectivity index (χ3n) is 3.84. The number of carbonyl (C=O) groups excluding carboxylic acids is 1. The lowest BCUT2D eigenvalue weighted by atomic mass is 10.0. The Kier molecular flexibility index (Phi) is 5.46. The summed E-state index contributed by atoms with van der Waals surface area (Å²) in [4.78, 5) is 34.8. The molecule has 0 aliphatic carbocycles. The minimum atomic E-state index is -1.10. The van der Waals surface area contributed by atoms with Gasteiger partial charge in [0.05, 0.1) is 0 Å². The van der Waals surface area contributed by atoms with Gasteiger partial charge in [0.25, 0.3) is 5.91 Å². The van der Waals surface area contributed by atoms with E-state index in [1.54, 1.807) is 32.9 Å². The standard InChI is InChI=1S/C18H21NO6/c1-9(2)16(18(22)23)19-17(21)11(4)24-12-5-6-13-10(3)7-15(20)25-14(13)8-12/h5-9,11,16H,1-4H3,(H,19,21)(H,22,23)/t11-,16+/m0/s1. The highest BCUT2D eigenvalue weighted by Crippen LogP contribution is 2.23. The fourth-order valence-corrected chi connectivity index (χ4v) is 2.42. The number of fused-ring (bicyclic) bond motifs is 1. The molecule has 0 aliphatic rings. The Morgan fingerprint density at radius 1 is 1.20 bits per heavy atom. The number of carboxylic acid groups (broad SMARTS) is 1. The molecule has 0 saturated heterocycles. The number of benzene rings is 1. The van der Waals surface area contributed by atoms with E-state index in [9.17, 15) is 14.4 Å². The molecule has 0 saturated carbocycles. The number of aliphatic carboxylic acids is 1. The molecule has 25 heavy (non-hydrogen) atoms. The molecule has 0 unspecified atom stereocenters. The summed E-state index contributed by atoms with van der Waals surface area (Å²) in [7, 11) is 0. The van der Waals surface area contributed by atoms with Gasteiger partial charge in [0.1, 0.15) is 17.4 Å². The zero-order valence-electron chi connectivity index (χ0n) is 14.5. The van der Waals surface area contributed by atoms with E-state index >= 15 is 0 Å². The second-order valence-corrected chi connectivity index (χ2v) is 6.24. The van der Waals surface area contributed by atoms with Crippen LogP contribution in [0.15, 0.2) is 33.5 Å². The van der Waals surface area contributed by atoms with Crippen LogP contribution in [0.3, 0.4) is 0 Å². The van der Waals surface area contributed by atoms with E-state index in [1.807, 2.05) is 0 Å². The van der Waals surface area contributed by atoms with Crippen molar-refractivity contribution in [2.24, 2.45) is 5.92 Å². The van der Waals surface area contributed by atoms with Crippen LogP contribution < -0.4 is 15.7 Å². The van der Waals surface area contributed by atoms with Crippen LogP contribution >= 0.6 is 0 Å². The monoisotopic (exact) mass is 347 g/mol. The van der Waals surface area contributed by atoms with Gasteiger partial charge in [0.2, 0.25) is 0 Å². The van der Waals surface area contributed by atoms with Gasteiger partial charge in [-0.05, 0) is 37.5 Å². The predicted molar refractivity (Wildman–Crippen MR) is 91.7 cm³/mol. The number of nitrogens with one attached hydrogen (secondary N) is 1. The third kappa shape index (κ3) is 4.37. The summed E-state index contributed by atoms with van der Waals surface area (Å²) >= 11 is 0. The lowest BCUT2D eigenvalue weighted by molar-refractivity contribution is -0.144. The molecule has 0 spiro atoms. The number of ether oxygens (including phenoxy) is 1. The zero-order chi connectivity index (χ0) is 18.7. The molecule has 1 aromatic heterocycles. The smallest absolute Gasteiger partial charge is 0.336 e. The Balaban J connectivity index is 2.15. The van der Waals surface area contributed by atoms with Gasteiger partial charge in [-0.25, -0.2) is 9.59 Å². The zero-order valence-corrected chi connectivity index (χ0v) is 14.5. The number of hydrogen-bond donors (Lipinski definition) is 2. The molecule has 2 atom stereocenters. The number of carbonyl (C=O) groups is 2. The number of hydrogen-bond acceptors (Lipinski definition) is 5. The molecule has 0 fully saturated rings. The first-order valence-corrected chi connectivity index (χ1v) is 7.93. The first-order valence-electron chi connectivity index (χ1n) is 7.93. The first-order chi connectivity index (χ1) is 11.7. The average Bonchev–Trinajstić information content (AvgIpc) is 2.50. The molecule has 1 aromatic carbocycles. The molecule has 1 amide bonds. The second kappa shape index (κ2) is 7.38. The Bertz CT molecular complexity index is 854. The summed E-state index contributed by atoms with van der Waals surface area (Å²) in [6.07, 6.45) is -0.908. The van der Waals surface area contributed by atoms with E-state index in [1.165, 1.54) is 19.1 Å². The van der Waals surface area contributed by atoms with Gasteiger partial charge in [-0.15, -0.1) is 0 Å². The molecule has 134 valence electrons. The van der Waals surface area contributed by atoms with Crippen molar-refractivity contribution in [2.45, 2.75) is 39.8 Å². The lowest BCUT2D eigenvalue weighted by Crippen LogP contribution is -2.48. The van der Waals surface area contributed by atoms with Crippen LogP contribution in [0, 0.1) is 12.8 Å². The van der Waals surface area contributed by atoms with Gasteiger partial charge in [-0.1, -0.05) is 13.8 Å². The number of rotatable bonds is 6. The summed E-state index contributed by atoms with van der Waals surface area (Å²) < 4.78 is 10.7. The van der Waals surface area contributed by atoms with Crippen LogP contribution in [0.25, 0.3) is 11.0 Å². The van der Waals surface area contributed by atoms with Gasteiger partial charge in [-0.3, -0.25) is 4.79 Å². The SMILES string of the molecule is Cc1cc(=O)oc2cc(O[C@@H](C)C(=O)N[C@@H](C(=O)O)C(C)C)ccc12. The number of carboxylic acids is 1. The van der Waals surface area contributed by atoms with Crippen molar-refractivity contribution < 1.29 is 23.8 Å². The van der Waals surface area contributed by atoms with Gasteiger partial charge >= 0.3 is 11.6 Å². The van der Waals surface area contributed by atoms with E-state index < -0.39 is 29.6 Å². The van der Waals surface area contributed by atoms with Crippen molar-refractivity contribution in [3.63, 3.8) is 0 Å². The van der Waals surface area contributed by atoms with Crippen molar-refractivity contribution in [3.8, 4) is 5.75 Å². The molecule has 0 bridgehead atoms. The molecule has 7 heteroatoms. The summed E-state index contributed by atoms with van der Waals surface area (Å²) in [5, 5.41) is 12.4. The van der Waals surface area contributed by atoms with E-state index in [4.69, 9.17) is 14.3 Å². The highest BCUT2D eigenvalue weighted by molar-refractivity contribution is 5.86. The highest BCUT2D eigenvalue weighted by Gasteiger charge is 2.26. The predicted octanol–water partition coefficient (Wildman–Crippen LogP) is 2.09. The van der Waals surface area contributed by atoms with E-state index in [-0.39, 0.29) is 5.92 Å². The van der Waals surface area contributed by atoms with Crippen LogP contribution in [0.4, 0.5) is 0 Å². The van der Waals surface area contributed by atoms with Gasteiger partial charge < -0.3 is 19.6 Å². The largest absolute Gasteiger partial charge is 0.481 e. The molecule has 0 aliphatic heterocycles. The molecule has 1 heterocycles. The quantitative estimate of drug-likeness (QED) is 0.775. The van der Waals surface area contributed by atoms with Crippen molar-refractivity contribution in [1.29, 1.82) is 0 Å². The molecule has 7 nitrogen and oxygen atoms in total. The van der Waals surface area contributed by atoms with Gasteiger partial charge in [0, 0.05) is 17.5 Å². The van der Waals surface area contributed by atoms with Crippen LogP contribution in [-0.4, -0.2) is 29.1 Å². The Hall–Kier alpha value is -2.83. The van der Waals surface area contributed by atoms with Crippen molar-refractivity contribution in [3.05, 3.63) is 40.2 Å². The van der Waals surface area contributed by atoms with E-state index in [0.29, 0.717) is 11.3 Å². The number of amides is 1. The minimum Gasteiger partial charge on any atom is -0.481 e. The maximum atomic E-state index is 12.2. The topological polar surface area (TPSA) is 106 Å². The van der Waals surface area contributed by atoms with E-state index in [0.717, 1.165) is 10.9 Å². The fraction of sp³-hybridized carbons (Fsp3) is 0.389. The molecular formula is C18H21NO6. The molecule has 2 rings (SSSR count). The number of aryl methyl sites for hydroxylation is 1. The summed E-state index contributed by atoms with van der Waals surface area (Å²) in [5.74, 6) is -1.54. The maximum Gasteiger partial charge on any atom is 0.336 e. The average molecular weight is 347 g/mol. The van der Waals surface area contributed by atoms with Crippen LogP contribution in [0.2, 0.25) is 0 Å².